The molecular weight excluding hydrogens is 284 g/mol. The minimum absolute atomic E-state index is 0.259. The molecule has 0 spiro atoms. The number of methoxy groups -OCH3 is 1. The molecule has 3 nitrogen and oxygen atoms in total. The Labute approximate surface area is 126 Å². The number of carbonyl (C=O) groups excluding carboxylic acids is 1. The third-order valence-corrected chi connectivity index (χ3v) is 4.61. The van der Waals surface area contributed by atoms with Crippen molar-refractivity contribution in [3.63, 3.8) is 0 Å². The molecule has 1 heterocycles. The van der Waals surface area contributed by atoms with Crippen molar-refractivity contribution >= 4 is 28.1 Å². The summed E-state index contributed by atoms with van der Waals surface area (Å²) in [4.78, 5) is 12.3. The van der Waals surface area contributed by atoms with Crippen molar-refractivity contribution in [2.24, 2.45) is 0 Å². The van der Waals surface area contributed by atoms with E-state index in [1.54, 1.807) is 12.1 Å². The second-order valence-corrected chi connectivity index (χ2v) is 5.72. The first-order valence-electron chi connectivity index (χ1n) is 6.49. The van der Waals surface area contributed by atoms with Gasteiger partial charge in [-0.05, 0) is 58.0 Å². The van der Waals surface area contributed by atoms with Gasteiger partial charge in [-0.2, -0.15) is 0 Å². The van der Waals surface area contributed by atoms with Crippen LogP contribution in [-0.4, -0.2) is 18.2 Å². The number of hydrogen-bond donors (Lipinski definition) is 1. The van der Waals surface area contributed by atoms with Crippen LogP contribution in [0.2, 0.25) is 0 Å². The van der Waals surface area contributed by atoms with Gasteiger partial charge in [0.25, 0.3) is 0 Å². The van der Waals surface area contributed by atoms with E-state index in [1.807, 2.05) is 30.5 Å². The molecule has 3 aromatic rings. The molecule has 0 saturated heterocycles. The van der Waals surface area contributed by atoms with Gasteiger partial charge in [0.2, 0.25) is 0 Å². The highest BCUT2D eigenvalue weighted by atomic mass is 32.1. The highest BCUT2D eigenvalue weighted by Gasteiger charge is 2.16. The molecule has 1 aromatic heterocycles. The van der Waals surface area contributed by atoms with Crippen molar-refractivity contribution in [2.45, 2.75) is 6.92 Å². The van der Waals surface area contributed by atoms with Gasteiger partial charge in [0.05, 0.1) is 7.11 Å². The molecule has 106 valence electrons. The topological polar surface area (TPSA) is 46.5 Å². The van der Waals surface area contributed by atoms with E-state index < -0.39 is 0 Å². The van der Waals surface area contributed by atoms with E-state index in [0.29, 0.717) is 4.88 Å². The normalized spacial score (nSPS) is 10.8. The van der Waals surface area contributed by atoms with Crippen LogP contribution in [0.5, 0.6) is 5.75 Å². The van der Waals surface area contributed by atoms with Gasteiger partial charge in [0.1, 0.15) is 10.6 Å². The molecule has 4 heteroatoms. The van der Waals surface area contributed by atoms with Crippen molar-refractivity contribution in [2.75, 3.05) is 7.11 Å². The number of esters is 1. The summed E-state index contributed by atoms with van der Waals surface area (Å²) in [7, 11) is 1.39. The summed E-state index contributed by atoms with van der Waals surface area (Å²) in [5.41, 5.74) is 3.03. The van der Waals surface area contributed by atoms with Gasteiger partial charge in [-0.15, -0.1) is 11.3 Å². The summed E-state index contributed by atoms with van der Waals surface area (Å²) >= 11 is 1.40. The third kappa shape index (κ3) is 2.38. The molecule has 0 fully saturated rings. The second-order valence-electron chi connectivity index (χ2n) is 4.84. The van der Waals surface area contributed by atoms with E-state index in [4.69, 9.17) is 4.74 Å². The van der Waals surface area contributed by atoms with E-state index in [-0.39, 0.29) is 11.7 Å². The van der Waals surface area contributed by atoms with Gasteiger partial charge >= 0.3 is 5.97 Å². The van der Waals surface area contributed by atoms with Gasteiger partial charge in [-0.1, -0.05) is 18.2 Å². The fourth-order valence-electron chi connectivity index (χ4n) is 2.40. The fraction of sp³-hybridized carbons (Fsp3) is 0.118. The SMILES string of the molecule is COC(=O)c1scc(-c2ccc3cc(O)ccc3c2)c1C. The number of hydrogen-bond acceptors (Lipinski definition) is 4. The molecule has 0 radical (unpaired) electrons. The first-order chi connectivity index (χ1) is 10.1. The molecule has 0 unspecified atom stereocenters. The molecule has 0 aliphatic rings. The van der Waals surface area contributed by atoms with Gasteiger partial charge < -0.3 is 9.84 Å². The smallest absolute Gasteiger partial charge is 0.348 e. The Hall–Kier alpha value is -2.33. The largest absolute Gasteiger partial charge is 0.508 e. The van der Waals surface area contributed by atoms with Crippen LogP contribution in [0.15, 0.2) is 41.8 Å². The first-order valence-corrected chi connectivity index (χ1v) is 7.37. The number of thiophene rings is 1. The number of ether oxygens (including phenoxy) is 1. The predicted molar refractivity (Wildman–Crippen MR) is 85.0 cm³/mol. The molecule has 0 saturated carbocycles. The number of aromatic hydroxyl groups is 1. The zero-order valence-electron chi connectivity index (χ0n) is 11.7. The third-order valence-electron chi connectivity index (χ3n) is 3.54. The van der Waals surface area contributed by atoms with Crippen LogP contribution in [0.25, 0.3) is 21.9 Å². The average molecular weight is 298 g/mol. The van der Waals surface area contributed by atoms with Crippen LogP contribution in [0.3, 0.4) is 0 Å². The number of phenolic OH excluding ortho intramolecular Hbond substituents is 1. The Bertz CT molecular complexity index is 833. The van der Waals surface area contributed by atoms with Gasteiger partial charge in [0.15, 0.2) is 0 Å². The molecule has 0 aliphatic carbocycles. The van der Waals surface area contributed by atoms with Crippen molar-refractivity contribution in [1.29, 1.82) is 0 Å². The van der Waals surface area contributed by atoms with E-state index >= 15 is 0 Å². The zero-order valence-corrected chi connectivity index (χ0v) is 12.5. The van der Waals surface area contributed by atoms with Crippen LogP contribution >= 0.6 is 11.3 Å². The molecule has 1 N–H and O–H groups in total. The number of benzene rings is 2. The van der Waals surface area contributed by atoms with Crippen LogP contribution in [0.1, 0.15) is 15.2 Å². The minimum atomic E-state index is -0.297. The van der Waals surface area contributed by atoms with Crippen LogP contribution < -0.4 is 0 Å². The molecule has 0 aliphatic heterocycles. The van der Waals surface area contributed by atoms with Gasteiger partial charge in [-0.3, -0.25) is 0 Å². The summed E-state index contributed by atoms with van der Waals surface area (Å²) < 4.78 is 4.79. The number of phenols is 1. The fourth-order valence-corrected chi connectivity index (χ4v) is 3.41. The maximum absolute atomic E-state index is 11.7. The number of fused-ring (bicyclic) bond motifs is 1. The summed E-state index contributed by atoms with van der Waals surface area (Å²) in [6.45, 7) is 1.93. The number of carbonyl (C=O) groups is 1. The molecule has 0 amide bonds. The summed E-state index contributed by atoms with van der Waals surface area (Å²) in [6.07, 6.45) is 0. The van der Waals surface area contributed by atoms with E-state index in [0.717, 1.165) is 27.5 Å². The Morgan fingerprint density at radius 1 is 1.14 bits per heavy atom. The molecule has 3 rings (SSSR count). The van der Waals surface area contributed by atoms with Crippen molar-refractivity contribution < 1.29 is 14.6 Å². The average Bonchev–Trinajstić information content (AvgIpc) is 2.87. The monoisotopic (exact) mass is 298 g/mol. The van der Waals surface area contributed by atoms with Crippen molar-refractivity contribution in [3.05, 3.63) is 52.2 Å². The highest BCUT2D eigenvalue weighted by Crippen LogP contribution is 2.33. The summed E-state index contributed by atoms with van der Waals surface area (Å²) in [5, 5.41) is 13.5. The van der Waals surface area contributed by atoms with E-state index in [9.17, 15) is 9.90 Å². The lowest BCUT2D eigenvalue weighted by molar-refractivity contribution is 0.0605. The van der Waals surface area contributed by atoms with E-state index in [1.165, 1.54) is 18.4 Å². The Kier molecular flexibility index (Phi) is 3.39. The Balaban J connectivity index is 2.10. The Morgan fingerprint density at radius 3 is 2.62 bits per heavy atom. The molecule has 0 bridgehead atoms. The lowest BCUT2D eigenvalue weighted by atomic mass is 10.00. The second kappa shape index (κ2) is 5.22. The zero-order chi connectivity index (χ0) is 15.0. The molecule has 0 atom stereocenters. The number of rotatable bonds is 2. The lowest BCUT2D eigenvalue weighted by Gasteiger charge is -2.05. The lowest BCUT2D eigenvalue weighted by Crippen LogP contribution is -1.99. The highest BCUT2D eigenvalue weighted by molar-refractivity contribution is 7.12. The van der Waals surface area contributed by atoms with Crippen LogP contribution in [-0.2, 0) is 4.74 Å². The van der Waals surface area contributed by atoms with Crippen LogP contribution in [0, 0.1) is 6.92 Å². The standard InChI is InChI=1S/C17H14O3S/c1-10-15(9-21-16(10)17(19)20-2)13-4-3-12-8-14(18)6-5-11(12)7-13/h3-9,18H,1-2H3. The Morgan fingerprint density at radius 2 is 1.86 bits per heavy atom. The van der Waals surface area contributed by atoms with Gasteiger partial charge in [-0.25, -0.2) is 4.79 Å². The predicted octanol–water partition coefficient (Wildman–Crippen LogP) is 4.37. The molecular formula is C17H14O3S. The van der Waals surface area contributed by atoms with E-state index in [2.05, 4.69) is 6.07 Å². The van der Waals surface area contributed by atoms with Crippen LogP contribution in [0.4, 0.5) is 0 Å². The van der Waals surface area contributed by atoms with Gasteiger partial charge in [0, 0.05) is 0 Å². The molecule has 2 aromatic carbocycles. The maximum Gasteiger partial charge on any atom is 0.348 e. The first kappa shape index (κ1) is 13.6. The summed E-state index contributed by atoms with van der Waals surface area (Å²) in [5.74, 6) is -0.0376. The summed E-state index contributed by atoms with van der Waals surface area (Å²) in [6, 6.07) is 11.3. The quantitative estimate of drug-likeness (QED) is 0.715. The maximum atomic E-state index is 11.7. The minimum Gasteiger partial charge on any atom is -0.508 e. The molecule has 21 heavy (non-hydrogen) atoms. The van der Waals surface area contributed by atoms with Crippen molar-refractivity contribution in [1.82, 2.24) is 0 Å². The van der Waals surface area contributed by atoms with Crippen molar-refractivity contribution in [3.8, 4) is 16.9 Å².